The fourth-order valence-electron chi connectivity index (χ4n) is 3.53. The zero-order chi connectivity index (χ0) is 21.6. The third kappa shape index (κ3) is 4.58. The summed E-state index contributed by atoms with van der Waals surface area (Å²) in [6.07, 6.45) is 2.92. The van der Waals surface area contributed by atoms with Gasteiger partial charge in [-0.15, -0.1) is 0 Å². The summed E-state index contributed by atoms with van der Waals surface area (Å²) in [5.41, 5.74) is 3.70. The lowest BCUT2D eigenvalue weighted by atomic mass is 10.2. The summed E-state index contributed by atoms with van der Waals surface area (Å²) < 4.78 is 4.90. The van der Waals surface area contributed by atoms with Crippen LogP contribution in [0.15, 0.2) is 96.0 Å². The number of unbranched alkanes of at least 4 members (excludes halogenated alkanes) is 1. The zero-order valence-corrected chi connectivity index (χ0v) is 19.0. The molecule has 0 unspecified atom stereocenters. The first-order chi connectivity index (χ1) is 15.2. The first-order valence-corrected chi connectivity index (χ1v) is 11.7. The highest BCUT2D eigenvalue weighted by Crippen LogP contribution is 2.34. The molecule has 156 valence electrons. The molecule has 0 aliphatic carbocycles. The maximum Gasteiger partial charge on any atom is 0.225 e. The van der Waals surface area contributed by atoms with E-state index in [4.69, 9.17) is 12.2 Å². The van der Waals surface area contributed by atoms with Crippen molar-refractivity contribution in [1.82, 2.24) is 9.36 Å². The number of thioether (sulfide) groups is 1. The number of rotatable bonds is 7. The summed E-state index contributed by atoms with van der Waals surface area (Å²) in [4.78, 5) is 13.2. The minimum Gasteiger partial charge on any atom is -0.281 e. The highest BCUT2D eigenvalue weighted by molar-refractivity contribution is 8.14. The quantitative estimate of drug-likeness (QED) is 0.221. The molecular weight excluding hydrogens is 420 g/mol. The Hall–Kier alpha value is -2.89. The van der Waals surface area contributed by atoms with Crippen LogP contribution in [0.5, 0.6) is 0 Å². The molecule has 0 aliphatic rings. The first-order valence-electron chi connectivity index (χ1n) is 10.5. The standard InChI is InChI=1S/C26H24N2OS2/c1-2-3-19-23-24(30)27(21-15-9-5-10-16-21)28(22-17-11-6-12-18-22)25(23)31-26(29)20-13-7-4-8-14-20/h4-18H,2-3,19H2,1H3. The second-order valence-corrected chi connectivity index (χ2v) is 8.59. The van der Waals surface area contributed by atoms with Crippen molar-refractivity contribution in [2.24, 2.45) is 0 Å². The van der Waals surface area contributed by atoms with E-state index in [-0.39, 0.29) is 5.12 Å². The Kier molecular flexibility index (Phi) is 6.85. The minimum atomic E-state index is 0.0169. The molecule has 3 aromatic carbocycles. The van der Waals surface area contributed by atoms with Gasteiger partial charge in [-0.2, -0.15) is 0 Å². The summed E-state index contributed by atoms with van der Waals surface area (Å²) in [6, 6.07) is 29.6. The Morgan fingerprint density at radius 2 is 1.32 bits per heavy atom. The van der Waals surface area contributed by atoms with Crippen LogP contribution in [0.1, 0.15) is 35.7 Å². The lowest BCUT2D eigenvalue weighted by Crippen LogP contribution is -2.11. The third-order valence-electron chi connectivity index (χ3n) is 5.08. The molecule has 0 amide bonds. The van der Waals surface area contributed by atoms with Gasteiger partial charge in [0.05, 0.1) is 11.4 Å². The van der Waals surface area contributed by atoms with Crippen molar-refractivity contribution < 1.29 is 4.79 Å². The van der Waals surface area contributed by atoms with E-state index >= 15 is 0 Å². The molecule has 3 nitrogen and oxygen atoms in total. The van der Waals surface area contributed by atoms with E-state index in [1.807, 2.05) is 78.9 Å². The highest BCUT2D eigenvalue weighted by atomic mass is 32.2. The average molecular weight is 445 g/mol. The van der Waals surface area contributed by atoms with E-state index in [1.54, 1.807) is 0 Å². The lowest BCUT2D eigenvalue weighted by molar-refractivity contribution is 0.108. The number of benzene rings is 3. The molecule has 4 aromatic rings. The van der Waals surface area contributed by atoms with Crippen molar-refractivity contribution in [1.29, 1.82) is 0 Å². The van der Waals surface area contributed by atoms with Gasteiger partial charge in [0.25, 0.3) is 0 Å². The van der Waals surface area contributed by atoms with Crippen molar-refractivity contribution in [3.63, 3.8) is 0 Å². The summed E-state index contributed by atoms with van der Waals surface area (Å²) in [5.74, 6) is 0. The van der Waals surface area contributed by atoms with Gasteiger partial charge in [0, 0.05) is 11.1 Å². The maximum atomic E-state index is 13.2. The Labute approximate surface area is 192 Å². The number of hydrogen-bond donors (Lipinski definition) is 0. The molecule has 1 heterocycles. The molecule has 0 N–H and O–H groups in total. The molecular formula is C26H24N2OS2. The third-order valence-corrected chi connectivity index (χ3v) is 6.53. The fraction of sp³-hybridized carbons (Fsp3) is 0.154. The number of aromatic nitrogens is 2. The van der Waals surface area contributed by atoms with Gasteiger partial charge in [-0.1, -0.05) is 92.3 Å². The molecule has 0 bridgehead atoms. The van der Waals surface area contributed by atoms with Gasteiger partial charge in [0.2, 0.25) is 5.12 Å². The molecule has 0 atom stereocenters. The highest BCUT2D eigenvalue weighted by Gasteiger charge is 2.23. The monoisotopic (exact) mass is 444 g/mol. The largest absolute Gasteiger partial charge is 0.281 e. The van der Waals surface area contributed by atoms with Crippen molar-refractivity contribution >= 4 is 29.1 Å². The predicted molar refractivity (Wildman–Crippen MR) is 131 cm³/mol. The number of hydrogen-bond acceptors (Lipinski definition) is 3. The Balaban J connectivity index is 1.94. The Morgan fingerprint density at radius 1 is 0.806 bits per heavy atom. The summed E-state index contributed by atoms with van der Waals surface area (Å²) in [7, 11) is 0. The van der Waals surface area contributed by atoms with E-state index in [2.05, 4.69) is 28.4 Å². The molecule has 1 aromatic heterocycles. The Morgan fingerprint density at radius 3 is 1.87 bits per heavy atom. The van der Waals surface area contributed by atoms with Crippen LogP contribution in [0.4, 0.5) is 0 Å². The van der Waals surface area contributed by atoms with Gasteiger partial charge < -0.3 is 0 Å². The minimum absolute atomic E-state index is 0.0169. The molecule has 0 saturated carbocycles. The average Bonchev–Trinajstić information content (AvgIpc) is 3.10. The van der Waals surface area contributed by atoms with Crippen LogP contribution in [-0.2, 0) is 6.42 Å². The maximum absolute atomic E-state index is 13.2. The van der Waals surface area contributed by atoms with E-state index < -0.39 is 0 Å². The second-order valence-electron chi connectivity index (χ2n) is 7.24. The van der Waals surface area contributed by atoms with Gasteiger partial charge in [-0.3, -0.25) is 4.79 Å². The van der Waals surface area contributed by atoms with Crippen molar-refractivity contribution in [3.05, 3.63) is 107 Å². The van der Waals surface area contributed by atoms with Crippen LogP contribution in [0, 0.1) is 4.64 Å². The van der Waals surface area contributed by atoms with Crippen LogP contribution < -0.4 is 0 Å². The van der Waals surface area contributed by atoms with Gasteiger partial charge >= 0.3 is 0 Å². The molecule has 0 fully saturated rings. The van der Waals surface area contributed by atoms with Crippen molar-refractivity contribution in [3.8, 4) is 11.4 Å². The molecule has 0 spiro atoms. The number of carbonyl (C=O) groups is 1. The molecule has 0 radical (unpaired) electrons. The van der Waals surface area contributed by atoms with E-state index in [0.29, 0.717) is 5.56 Å². The number of para-hydroxylation sites is 2. The zero-order valence-electron chi connectivity index (χ0n) is 17.4. The van der Waals surface area contributed by atoms with E-state index in [9.17, 15) is 4.79 Å². The van der Waals surface area contributed by atoms with Crippen LogP contribution in [0.2, 0.25) is 0 Å². The van der Waals surface area contributed by atoms with Gasteiger partial charge in [-0.05, 0) is 48.9 Å². The predicted octanol–water partition coefficient (Wildman–Crippen LogP) is 7.27. The van der Waals surface area contributed by atoms with Crippen LogP contribution in [0.3, 0.4) is 0 Å². The smallest absolute Gasteiger partial charge is 0.225 e. The number of carbonyl (C=O) groups excluding carboxylic acids is 1. The normalized spacial score (nSPS) is 10.9. The van der Waals surface area contributed by atoms with E-state index in [1.165, 1.54) is 11.8 Å². The molecule has 4 rings (SSSR count). The molecule has 31 heavy (non-hydrogen) atoms. The SMILES string of the molecule is CCCCc1c(SC(=O)c2ccccc2)n(-c2ccccc2)n(-c2ccccc2)c1=S. The summed E-state index contributed by atoms with van der Waals surface area (Å²) in [5, 5.41) is 0.908. The van der Waals surface area contributed by atoms with Gasteiger partial charge in [-0.25, -0.2) is 9.36 Å². The fourth-order valence-corrected chi connectivity index (χ4v) is 5.00. The molecule has 0 aliphatic heterocycles. The summed E-state index contributed by atoms with van der Waals surface area (Å²) in [6.45, 7) is 2.17. The van der Waals surface area contributed by atoms with Crippen LogP contribution in [-0.4, -0.2) is 14.5 Å². The lowest BCUT2D eigenvalue weighted by Gasteiger charge is -2.15. The van der Waals surface area contributed by atoms with Crippen LogP contribution >= 0.6 is 24.0 Å². The Bertz CT molecular complexity index is 1210. The summed E-state index contributed by atoms with van der Waals surface area (Å²) >= 11 is 7.24. The van der Waals surface area contributed by atoms with Gasteiger partial charge in [0.15, 0.2) is 0 Å². The number of nitrogens with zero attached hydrogens (tertiary/aromatic N) is 2. The topological polar surface area (TPSA) is 26.9 Å². The van der Waals surface area contributed by atoms with E-state index in [0.717, 1.165) is 45.9 Å². The molecule has 0 saturated heterocycles. The van der Waals surface area contributed by atoms with Crippen molar-refractivity contribution in [2.75, 3.05) is 0 Å². The van der Waals surface area contributed by atoms with Crippen LogP contribution in [0.25, 0.3) is 11.4 Å². The molecule has 5 heteroatoms. The first kappa shape index (κ1) is 21.3. The second kappa shape index (κ2) is 9.94. The van der Waals surface area contributed by atoms with Crippen molar-refractivity contribution in [2.45, 2.75) is 31.2 Å². The van der Waals surface area contributed by atoms with Gasteiger partial charge in [0.1, 0.15) is 9.67 Å².